The molecule has 4 aromatic rings. The first-order valence-electron chi connectivity index (χ1n) is 9.40. The highest BCUT2D eigenvalue weighted by Crippen LogP contribution is 2.19. The number of hydrogen-bond acceptors (Lipinski definition) is 6. The molecule has 0 fully saturated rings. The average Bonchev–Trinajstić information content (AvgIpc) is 3.54. The molecule has 0 aliphatic carbocycles. The van der Waals surface area contributed by atoms with Crippen molar-refractivity contribution in [3.8, 4) is 0 Å². The maximum absolute atomic E-state index is 13.1. The molecule has 2 amide bonds. The quantitative estimate of drug-likeness (QED) is 0.373. The van der Waals surface area contributed by atoms with E-state index in [4.69, 9.17) is 8.83 Å². The van der Waals surface area contributed by atoms with Gasteiger partial charge < -0.3 is 19.1 Å². The molecule has 0 spiro atoms. The Labute approximate surface area is 190 Å². The van der Waals surface area contributed by atoms with E-state index in [1.807, 2.05) is 18.2 Å². The molecule has 0 aliphatic rings. The summed E-state index contributed by atoms with van der Waals surface area (Å²) in [4.78, 5) is 31.5. The van der Waals surface area contributed by atoms with Crippen LogP contribution in [0.1, 0.15) is 37.4 Å². The van der Waals surface area contributed by atoms with Gasteiger partial charge in [0.15, 0.2) is 0 Å². The van der Waals surface area contributed by atoms with Gasteiger partial charge in [-0.25, -0.2) is 4.98 Å². The van der Waals surface area contributed by atoms with Crippen molar-refractivity contribution in [3.05, 3.63) is 98.7 Å². The topological polar surface area (TPSA) is 88.6 Å². The van der Waals surface area contributed by atoms with E-state index in [2.05, 4.69) is 26.2 Å². The van der Waals surface area contributed by atoms with Gasteiger partial charge in [-0.05, 0) is 48.5 Å². The molecule has 0 radical (unpaired) electrons. The van der Waals surface area contributed by atoms with E-state index in [1.54, 1.807) is 53.1 Å². The Hall–Kier alpha value is -3.17. The lowest BCUT2D eigenvalue weighted by atomic mass is 10.2. The number of nitrogens with zero attached hydrogens (tertiary/aromatic N) is 2. The molecule has 158 valence electrons. The number of rotatable bonds is 8. The van der Waals surface area contributed by atoms with Crippen molar-refractivity contribution in [1.29, 1.82) is 0 Å². The molecule has 1 N–H and O–H groups in total. The molecule has 7 nitrogen and oxygen atoms in total. The third kappa shape index (κ3) is 5.50. The lowest BCUT2D eigenvalue weighted by Crippen LogP contribution is -2.30. The summed E-state index contributed by atoms with van der Waals surface area (Å²) in [7, 11) is 0. The smallest absolute Gasteiger partial charge is 0.271 e. The largest absolute Gasteiger partial charge is 0.467 e. The van der Waals surface area contributed by atoms with Gasteiger partial charge in [-0.1, -0.05) is 15.9 Å². The van der Waals surface area contributed by atoms with Crippen molar-refractivity contribution < 1.29 is 18.4 Å². The van der Waals surface area contributed by atoms with E-state index >= 15 is 0 Å². The maximum Gasteiger partial charge on any atom is 0.271 e. The summed E-state index contributed by atoms with van der Waals surface area (Å²) in [6, 6.07) is 14.3. The number of aromatic nitrogens is 1. The Kier molecular flexibility index (Phi) is 6.63. The van der Waals surface area contributed by atoms with Crippen LogP contribution >= 0.6 is 27.3 Å². The Bertz CT molecular complexity index is 1140. The molecular formula is C22H18BrN3O4S. The molecule has 0 saturated heterocycles. The van der Waals surface area contributed by atoms with Crippen LogP contribution in [0.5, 0.6) is 0 Å². The molecule has 0 saturated carbocycles. The normalized spacial score (nSPS) is 10.7. The zero-order chi connectivity index (χ0) is 21.6. The van der Waals surface area contributed by atoms with Gasteiger partial charge in [0.25, 0.3) is 11.8 Å². The van der Waals surface area contributed by atoms with Crippen LogP contribution < -0.4 is 5.32 Å². The van der Waals surface area contributed by atoms with E-state index in [0.717, 1.165) is 4.47 Å². The summed E-state index contributed by atoms with van der Waals surface area (Å²) >= 11 is 4.71. The number of hydrogen-bond donors (Lipinski definition) is 1. The second kappa shape index (κ2) is 9.76. The fourth-order valence-electron chi connectivity index (χ4n) is 2.89. The van der Waals surface area contributed by atoms with Gasteiger partial charge in [0, 0.05) is 15.4 Å². The van der Waals surface area contributed by atoms with E-state index in [9.17, 15) is 9.59 Å². The van der Waals surface area contributed by atoms with Gasteiger partial charge in [0.2, 0.25) is 0 Å². The summed E-state index contributed by atoms with van der Waals surface area (Å²) in [5, 5.41) is 5.11. The summed E-state index contributed by atoms with van der Waals surface area (Å²) in [5.41, 5.74) is 0.864. The highest BCUT2D eigenvalue weighted by atomic mass is 79.9. The van der Waals surface area contributed by atoms with Crippen LogP contribution in [0, 0.1) is 0 Å². The first-order valence-corrected chi connectivity index (χ1v) is 11.1. The Morgan fingerprint density at radius 3 is 2.39 bits per heavy atom. The second-order valence-corrected chi connectivity index (χ2v) is 8.49. The van der Waals surface area contributed by atoms with Crippen molar-refractivity contribution in [2.45, 2.75) is 19.6 Å². The molecule has 9 heteroatoms. The van der Waals surface area contributed by atoms with E-state index in [0.29, 0.717) is 34.3 Å². The predicted octanol–water partition coefficient (Wildman–Crippen LogP) is 4.86. The van der Waals surface area contributed by atoms with Crippen LogP contribution in [0.25, 0.3) is 0 Å². The number of furan rings is 2. The Morgan fingerprint density at radius 2 is 1.71 bits per heavy atom. The number of benzene rings is 1. The molecule has 4 rings (SSSR count). The Morgan fingerprint density at radius 1 is 1.00 bits per heavy atom. The molecule has 1 aromatic carbocycles. The number of carbonyl (C=O) groups is 2. The second-order valence-electron chi connectivity index (χ2n) is 6.64. The predicted molar refractivity (Wildman–Crippen MR) is 118 cm³/mol. The van der Waals surface area contributed by atoms with Gasteiger partial charge in [-0.15, -0.1) is 11.3 Å². The lowest BCUT2D eigenvalue weighted by molar-refractivity contribution is 0.0717. The van der Waals surface area contributed by atoms with Crippen molar-refractivity contribution in [2.75, 3.05) is 0 Å². The molecule has 3 heterocycles. The maximum atomic E-state index is 13.1. The minimum atomic E-state index is -0.296. The highest BCUT2D eigenvalue weighted by Gasteiger charge is 2.20. The lowest BCUT2D eigenvalue weighted by Gasteiger charge is -2.20. The van der Waals surface area contributed by atoms with Crippen LogP contribution in [-0.2, 0) is 19.6 Å². The minimum absolute atomic E-state index is 0.150. The molecular weight excluding hydrogens is 482 g/mol. The molecule has 0 atom stereocenters. The first-order chi connectivity index (χ1) is 15.1. The van der Waals surface area contributed by atoms with Gasteiger partial charge >= 0.3 is 0 Å². The van der Waals surface area contributed by atoms with Crippen molar-refractivity contribution in [3.63, 3.8) is 0 Å². The fourth-order valence-corrected chi connectivity index (χ4v) is 3.94. The van der Waals surface area contributed by atoms with E-state index < -0.39 is 0 Å². The summed E-state index contributed by atoms with van der Waals surface area (Å²) in [5.74, 6) is 0.880. The van der Waals surface area contributed by atoms with Crippen molar-refractivity contribution >= 4 is 39.1 Å². The number of carbonyl (C=O) groups excluding carboxylic acids is 2. The summed E-state index contributed by atoms with van der Waals surface area (Å²) in [6.45, 7) is 0.832. The molecule has 0 bridgehead atoms. The van der Waals surface area contributed by atoms with Gasteiger partial charge in [-0.3, -0.25) is 9.59 Å². The zero-order valence-electron chi connectivity index (χ0n) is 16.3. The standard InChI is InChI=1S/C22H18BrN3O4S/c23-16-7-5-15(6-8-16)22(28)26(12-18-4-2-10-30-18)13-20-25-19(14-31-20)21(27)24-11-17-3-1-9-29-17/h1-10,14H,11-13H2,(H,24,27). The molecule has 3 aromatic heterocycles. The fraction of sp³-hybridized carbons (Fsp3) is 0.136. The van der Waals surface area contributed by atoms with Crippen LogP contribution in [0.15, 0.2) is 79.7 Å². The van der Waals surface area contributed by atoms with Crippen LogP contribution in [0.4, 0.5) is 0 Å². The van der Waals surface area contributed by atoms with Crippen molar-refractivity contribution in [1.82, 2.24) is 15.2 Å². The van der Waals surface area contributed by atoms with Gasteiger partial charge in [-0.2, -0.15) is 0 Å². The third-order valence-corrected chi connectivity index (χ3v) is 5.78. The van der Waals surface area contributed by atoms with Crippen LogP contribution in [0.2, 0.25) is 0 Å². The zero-order valence-corrected chi connectivity index (χ0v) is 18.7. The summed E-state index contributed by atoms with van der Waals surface area (Å²) < 4.78 is 11.5. The van der Waals surface area contributed by atoms with E-state index in [1.165, 1.54) is 11.3 Å². The summed E-state index contributed by atoms with van der Waals surface area (Å²) in [6.07, 6.45) is 3.13. The number of amides is 2. The Balaban J connectivity index is 1.47. The molecule has 0 aliphatic heterocycles. The van der Waals surface area contributed by atoms with Gasteiger partial charge in [0.05, 0.1) is 32.2 Å². The third-order valence-electron chi connectivity index (χ3n) is 4.42. The van der Waals surface area contributed by atoms with Crippen LogP contribution in [-0.4, -0.2) is 21.7 Å². The monoisotopic (exact) mass is 499 g/mol. The average molecular weight is 500 g/mol. The van der Waals surface area contributed by atoms with Crippen molar-refractivity contribution in [2.24, 2.45) is 0 Å². The minimum Gasteiger partial charge on any atom is -0.467 e. The number of thiazole rings is 1. The SMILES string of the molecule is O=C(NCc1ccco1)c1csc(CN(Cc2ccco2)C(=O)c2ccc(Br)cc2)n1. The first kappa shape index (κ1) is 21.1. The van der Waals surface area contributed by atoms with Crippen LogP contribution in [0.3, 0.4) is 0 Å². The molecule has 31 heavy (non-hydrogen) atoms. The van der Waals surface area contributed by atoms with Gasteiger partial charge in [0.1, 0.15) is 22.2 Å². The molecule has 0 unspecified atom stereocenters. The van der Waals surface area contributed by atoms with E-state index in [-0.39, 0.29) is 24.9 Å². The highest BCUT2D eigenvalue weighted by molar-refractivity contribution is 9.10. The number of nitrogens with one attached hydrogen (secondary N) is 1. The number of halogens is 1.